The average molecular weight is 1090 g/mol. The number of allylic oxidation sites excluding steroid dienone is 5. The minimum atomic E-state index is -1.43. The highest BCUT2D eigenvalue weighted by molar-refractivity contribution is 5.93. The summed E-state index contributed by atoms with van der Waals surface area (Å²) >= 11 is 0. The van der Waals surface area contributed by atoms with Crippen LogP contribution in [0.15, 0.2) is 72.4 Å². The number of aliphatic hydroxyl groups is 4. The van der Waals surface area contributed by atoms with E-state index < -0.39 is 102 Å². The molecule has 4 aliphatic rings. The van der Waals surface area contributed by atoms with Gasteiger partial charge in [-0.25, -0.2) is 5.43 Å². The van der Waals surface area contributed by atoms with Crippen molar-refractivity contribution in [2.45, 2.75) is 200 Å². The Hall–Kier alpha value is -5.24. The zero-order valence-electron chi connectivity index (χ0n) is 47.6. The van der Waals surface area contributed by atoms with E-state index in [-0.39, 0.29) is 79.3 Å². The minimum Gasteiger partial charge on any atom is -0.508 e. The summed E-state index contributed by atoms with van der Waals surface area (Å²) in [6.07, 6.45) is 10.6. The van der Waals surface area contributed by atoms with Gasteiger partial charge in [0.15, 0.2) is 0 Å². The number of esters is 1. The lowest BCUT2D eigenvalue weighted by Gasteiger charge is -2.56. The lowest BCUT2D eigenvalue weighted by atomic mass is 9.69. The van der Waals surface area contributed by atoms with Gasteiger partial charge in [0, 0.05) is 61.8 Å². The number of amides is 4. The summed E-state index contributed by atoms with van der Waals surface area (Å²) in [5, 5.41) is 66.1. The van der Waals surface area contributed by atoms with Crippen molar-refractivity contribution >= 4 is 35.4 Å². The second kappa shape index (κ2) is 29.3. The number of hydrogen-bond acceptors (Lipinski definition) is 14. The van der Waals surface area contributed by atoms with Crippen molar-refractivity contribution in [3.05, 3.63) is 77.9 Å². The molecule has 1 aromatic carbocycles. The van der Waals surface area contributed by atoms with Crippen LogP contribution in [0, 0.1) is 47.3 Å². The second-order valence-corrected chi connectivity index (χ2v) is 23.2. The fourth-order valence-corrected chi connectivity index (χ4v) is 11.3. The molecule has 0 aromatic heterocycles. The maximum absolute atomic E-state index is 14.5. The first-order chi connectivity index (χ1) is 36.9. The third kappa shape index (κ3) is 16.7. The number of hydrogen-bond donors (Lipinski definition) is 9. The van der Waals surface area contributed by atoms with Gasteiger partial charge in [-0.2, -0.15) is 0 Å². The molecule has 18 heteroatoms. The highest BCUT2D eigenvalue weighted by atomic mass is 16.5. The number of ether oxygens (including phenoxy) is 2. The Labute approximate surface area is 461 Å². The summed E-state index contributed by atoms with van der Waals surface area (Å²) in [6, 6.07) is 2.90. The standard InChI is InChI=1S/C60H91N5O13/c1-11-43-30-37(6)60(63-55(43)72)41(10)53(70)40(9)51(78-60)33-49(69)35(4)20-14-12-15-21-36(5)50-26-17-13-16-25-48(68)39(8)54(71)45(28-27-38(7)66)56(73)62-52(34(2)3)57(74)61-47(32-42-22-18-23-44(67)31-42)58(75)65-29-19-24-46(64-65)59(76)77-50/h12-13,15-18,21-23,25,31,34-35,37,39-41,43,45-54,64,67-71H,11,14,19-20,24,26-30,32-33H2,1-10H3,(H,61,74)(H,62,73)(H,63,72)/b15-12+,17-13?,25-16?,36-21+/t35-,37-,39-,40-,41-,43-,45+,46-,47-,48-,49-,50-,51-,52-,53-,54+,60+/m0/s1. The van der Waals surface area contributed by atoms with Gasteiger partial charge in [0.2, 0.25) is 17.7 Å². The van der Waals surface area contributed by atoms with Crippen molar-refractivity contribution in [2.75, 3.05) is 6.54 Å². The third-order valence-corrected chi connectivity index (χ3v) is 16.9. The van der Waals surface area contributed by atoms with Crippen molar-refractivity contribution in [2.24, 2.45) is 47.3 Å². The zero-order chi connectivity index (χ0) is 57.6. The number of phenolic OH excluding ortho intramolecular Hbond substituents is 1. The number of hydrazine groups is 1. The molecule has 3 saturated heterocycles. The Morgan fingerprint density at radius 1 is 0.949 bits per heavy atom. The summed E-state index contributed by atoms with van der Waals surface area (Å²) in [7, 11) is 0. The number of ketones is 1. The number of cyclic esters (lactones) is 1. The second-order valence-electron chi connectivity index (χ2n) is 23.2. The highest BCUT2D eigenvalue weighted by Crippen LogP contribution is 2.46. The number of piperidine rings is 1. The lowest BCUT2D eigenvalue weighted by molar-refractivity contribution is -0.267. The molecule has 5 rings (SSSR count). The number of carbonyl (C=O) groups is 6. The molecule has 1 spiro atoms. The minimum absolute atomic E-state index is 0.0254. The van der Waals surface area contributed by atoms with Crippen LogP contribution in [0.1, 0.15) is 139 Å². The summed E-state index contributed by atoms with van der Waals surface area (Å²) in [4.78, 5) is 82.2. The quantitative estimate of drug-likeness (QED) is 0.0786. The number of Topliss-reactive ketones (excluding diaryl/α,β-unsaturated/α-hetero) is 1. The van der Waals surface area contributed by atoms with Gasteiger partial charge in [-0.1, -0.05) is 110 Å². The first-order valence-corrected chi connectivity index (χ1v) is 28.4. The molecule has 4 amide bonds. The van der Waals surface area contributed by atoms with Gasteiger partial charge in [0.25, 0.3) is 5.91 Å². The van der Waals surface area contributed by atoms with Crippen LogP contribution in [0.4, 0.5) is 0 Å². The number of aromatic hydroxyl groups is 1. The van der Waals surface area contributed by atoms with E-state index >= 15 is 0 Å². The molecule has 4 aliphatic heterocycles. The number of aliphatic hydroxyl groups excluding tert-OH is 4. The fraction of sp³-hybridized carbons (Fsp3) is 0.667. The topological polar surface area (TPSA) is 273 Å². The maximum atomic E-state index is 14.5. The van der Waals surface area contributed by atoms with E-state index in [0.717, 1.165) is 6.42 Å². The Morgan fingerprint density at radius 2 is 1.68 bits per heavy atom. The van der Waals surface area contributed by atoms with Gasteiger partial charge in [-0.05, 0) is 93.9 Å². The Kier molecular flexibility index (Phi) is 23.9. The first-order valence-electron chi connectivity index (χ1n) is 28.4. The van der Waals surface area contributed by atoms with Crippen molar-refractivity contribution in [1.82, 2.24) is 26.4 Å². The SMILES string of the molecule is CC[C@H]1C[C@H](C)[C@@]2(NC1=O)O[C@@H](C[C@H](O)[C@@H](C)CC/C=C/C=C(\C)[C@@H]1CC=CC=C[C@H](O)[C@H](C)[C@@H](O)[C@@H](CCC(C)=O)C(=O)N[C@@H](C(C)C)C(=O)N[C@@H](Cc3cccc(O)c3)C(=O)N3CCC[C@H](N3)C(=O)O1)[C@H](C)[C@H](O)[C@@H]2C. The molecule has 0 radical (unpaired) electrons. The summed E-state index contributed by atoms with van der Waals surface area (Å²) in [6.45, 7) is 18.3. The van der Waals surface area contributed by atoms with Crippen molar-refractivity contribution in [1.29, 1.82) is 0 Å². The maximum Gasteiger partial charge on any atom is 0.325 e. The summed E-state index contributed by atoms with van der Waals surface area (Å²) < 4.78 is 12.9. The van der Waals surface area contributed by atoms with E-state index in [1.807, 2.05) is 52.8 Å². The van der Waals surface area contributed by atoms with Gasteiger partial charge in [-0.15, -0.1) is 0 Å². The molecular weight excluding hydrogens is 999 g/mol. The fourth-order valence-electron chi connectivity index (χ4n) is 11.3. The van der Waals surface area contributed by atoms with Crippen molar-refractivity contribution < 1.29 is 63.8 Å². The van der Waals surface area contributed by atoms with Crippen LogP contribution in [-0.2, 0) is 44.7 Å². The molecule has 9 N–H and O–H groups in total. The molecule has 2 bridgehead atoms. The van der Waals surface area contributed by atoms with E-state index in [2.05, 4.69) is 28.3 Å². The van der Waals surface area contributed by atoms with E-state index in [1.54, 1.807) is 51.1 Å². The van der Waals surface area contributed by atoms with Crippen LogP contribution in [0.3, 0.4) is 0 Å². The van der Waals surface area contributed by atoms with Gasteiger partial charge >= 0.3 is 5.97 Å². The Morgan fingerprint density at radius 3 is 2.36 bits per heavy atom. The van der Waals surface area contributed by atoms with Gasteiger partial charge in [-0.3, -0.25) is 29.0 Å². The normalized spacial score (nSPS) is 34.1. The van der Waals surface area contributed by atoms with E-state index in [1.165, 1.54) is 30.1 Å². The van der Waals surface area contributed by atoms with Gasteiger partial charge < -0.3 is 55.8 Å². The number of nitrogens with zero attached hydrogens (tertiary/aromatic N) is 1. The predicted octanol–water partition coefficient (Wildman–Crippen LogP) is 5.41. The first kappa shape index (κ1) is 63.6. The molecule has 4 heterocycles. The summed E-state index contributed by atoms with van der Waals surface area (Å²) in [5.74, 6) is -6.33. The van der Waals surface area contributed by atoms with Crippen LogP contribution < -0.4 is 21.4 Å². The van der Waals surface area contributed by atoms with Gasteiger partial charge in [0.05, 0.1) is 36.4 Å². The third-order valence-electron chi connectivity index (χ3n) is 16.9. The number of phenols is 1. The van der Waals surface area contributed by atoms with Crippen molar-refractivity contribution in [3.8, 4) is 5.75 Å². The van der Waals surface area contributed by atoms with Gasteiger partial charge in [0.1, 0.15) is 41.5 Å². The number of benzene rings is 1. The molecular formula is C60H91N5O13. The van der Waals surface area contributed by atoms with Crippen LogP contribution in [0.25, 0.3) is 0 Å². The largest absolute Gasteiger partial charge is 0.508 e. The summed E-state index contributed by atoms with van der Waals surface area (Å²) in [5.41, 5.74) is 3.27. The van der Waals surface area contributed by atoms with E-state index in [9.17, 15) is 54.3 Å². The van der Waals surface area contributed by atoms with Crippen LogP contribution >= 0.6 is 0 Å². The molecule has 17 atom stereocenters. The highest BCUT2D eigenvalue weighted by Gasteiger charge is 2.57. The average Bonchev–Trinajstić information content (AvgIpc) is 3.51. The smallest absolute Gasteiger partial charge is 0.325 e. The monoisotopic (exact) mass is 1090 g/mol. The number of carbonyl (C=O) groups excluding carboxylic acids is 6. The molecule has 434 valence electrons. The Bertz CT molecular complexity index is 2340. The molecule has 0 unspecified atom stereocenters. The Balaban J connectivity index is 1.35. The van der Waals surface area contributed by atoms with Crippen LogP contribution in [0.5, 0.6) is 5.75 Å². The molecule has 3 fully saturated rings. The van der Waals surface area contributed by atoms with E-state index in [4.69, 9.17) is 9.47 Å². The molecule has 1 aromatic rings. The predicted molar refractivity (Wildman–Crippen MR) is 295 cm³/mol. The number of rotatable bonds is 15. The molecule has 0 aliphatic carbocycles. The number of nitrogens with one attached hydrogen (secondary N) is 4. The number of fused-ring (bicyclic) bond motifs is 2. The van der Waals surface area contributed by atoms with E-state index in [0.29, 0.717) is 49.7 Å². The molecule has 18 nitrogen and oxygen atoms in total. The van der Waals surface area contributed by atoms with Crippen molar-refractivity contribution in [3.63, 3.8) is 0 Å². The molecule has 78 heavy (non-hydrogen) atoms. The molecule has 0 saturated carbocycles. The van der Waals surface area contributed by atoms with Crippen LogP contribution in [0.2, 0.25) is 0 Å². The lowest BCUT2D eigenvalue weighted by Crippen LogP contribution is -2.71. The van der Waals surface area contributed by atoms with Crippen LogP contribution in [-0.4, -0.2) is 133 Å². The zero-order valence-corrected chi connectivity index (χ0v) is 47.6.